The molecule has 0 aliphatic carbocycles. The molecule has 1 aromatic carbocycles. The van der Waals surface area contributed by atoms with Gasteiger partial charge in [-0.05, 0) is 29.5 Å². The third-order valence-corrected chi connectivity index (χ3v) is 2.95. The minimum absolute atomic E-state index is 0.108. The summed E-state index contributed by atoms with van der Waals surface area (Å²) in [5, 5.41) is 13.4. The van der Waals surface area contributed by atoms with Crippen LogP contribution in [0, 0.1) is 11.7 Å². The molecule has 0 aliphatic heterocycles. The molecule has 0 saturated heterocycles. The zero-order chi connectivity index (χ0) is 14.0. The first-order valence-electron chi connectivity index (χ1n) is 6.02. The summed E-state index contributed by atoms with van der Waals surface area (Å²) >= 11 is 0. The minimum Gasteiger partial charge on any atom is -0.480 e. The molecule has 5 heteroatoms. The first kappa shape index (κ1) is 13.3. The number of rotatable bonds is 4. The third-order valence-electron chi connectivity index (χ3n) is 2.95. The lowest BCUT2D eigenvalue weighted by Gasteiger charge is -2.19. The highest BCUT2D eigenvalue weighted by molar-refractivity contribution is 5.93. The Balaban J connectivity index is 2.44. The van der Waals surface area contributed by atoms with Crippen molar-refractivity contribution in [2.75, 3.05) is 5.32 Å². The second kappa shape index (κ2) is 5.22. The summed E-state index contributed by atoms with van der Waals surface area (Å²) in [5.41, 5.74) is 0. The largest absolute Gasteiger partial charge is 0.480 e. The predicted molar refractivity (Wildman–Crippen MR) is 71.6 cm³/mol. The van der Waals surface area contributed by atoms with Crippen molar-refractivity contribution in [2.45, 2.75) is 19.9 Å². The van der Waals surface area contributed by atoms with Gasteiger partial charge in [0.2, 0.25) is 0 Å². The van der Waals surface area contributed by atoms with E-state index in [4.69, 9.17) is 5.11 Å². The van der Waals surface area contributed by atoms with Crippen LogP contribution in [0.5, 0.6) is 0 Å². The van der Waals surface area contributed by atoms with Crippen LogP contribution in [0.3, 0.4) is 0 Å². The maximum absolute atomic E-state index is 13.3. The molecule has 1 heterocycles. The van der Waals surface area contributed by atoms with Gasteiger partial charge < -0.3 is 10.4 Å². The summed E-state index contributed by atoms with van der Waals surface area (Å²) in [6.07, 6.45) is 1.57. The highest BCUT2D eigenvalue weighted by atomic mass is 19.1. The molecule has 0 amide bonds. The normalized spacial score (nSPS) is 12.6. The van der Waals surface area contributed by atoms with Crippen molar-refractivity contribution in [1.29, 1.82) is 0 Å². The SMILES string of the molecule is CC(C)[C@@H](Nc1nccc2ccc(F)cc12)C(=O)O. The maximum Gasteiger partial charge on any atom is 0.326 e. The van der Waals surface area contributed by atoms with Gasteiger partial charge in [0.05, 0.1) is 0 Å². The van der Waals surface area contributed by atoms with Crippen molar-refractivity contribution >= 4 is 22.6 Å². The smallest absolute Gasteiger partial charge is 0.326 e. The van der Waals surface area contributed by atoms with Crippen molar-refractivity contribution in [2.24, 2.45) is 5.92 Å². The lowest BCUT2D eigenvalue weighted by Crippen LogP contribution is -2.34. The van der Waals surface area contributed by atoms with Gasteiger partial charge in [-0.1, -0.05) is 19.9 Å². The number of pyridine rings is 1. The average Bonchev–Trinajstić information content (AvgIpc) is 2.35. The van der Waals surface area contributed by atoms with Gasteiger partial charge in [0, 0.05) is 11.6 Å². The molecule has 0 radical (unpaired) electrons. The van der Waals surface area contributed by atoms with Gasteiger partial charge in [-0.15, -0.1) is 0 Å². The highest BCUT2D eigenvalue weighted by Gasteiger charge is 2.22. The van der Waals surface area contributed by atoms with E-state index in [1.165, 1.54) is 12.1 Å². The Morgan fingerprint density at radius 1 is 1.37 bits per heavy atom. The summed E-state index contributed by atoms with van der Waals surface area (Å²) in [6, 6.07) is 5.35. The summed E-state index contributed by atoms with van der Waals surface area (Å²) in [4.78, 5) is 15.3. The molecule has 4 nitrogen and oxygen atoms in total. The van der Waals surface area contributed by atoms with E-state index in [1.54, 1.807) is 32.2 Å². The lowest BCUT2D eigenvalue weighted by atomic mass is 10.0. The van der Waals surface area contributed by atoms with Gasteiger partial charge in [0.1, 0.15) is 17.7 Å². The van der Waals surface area contributed by atoms with Gasteiger partial charge in [0.15, 0.2) is 0 Å². The molecule has 0 saturated carbocycles. The van der Waals surface area contributed by atoms with E-state index in [9.17, 15) is 9.18 Å². The number of nitrogens with one attached hydrogen (secondary N) is 1. The van der Waals surface area contributed by atoms with Crippen molar-refractivity contribution in [3.8, 4) is 0 Å². The summed E-state index contributed by atoms with van der Waals surface area (Å²) < 4.78 is 13.3. The Bertz CT molecular complexity index is 613. The standard InChI is InChI=1S/C14H15FN2O2/c1-8(2)12(14(18)19)17-13-11-7-10(15)4-3-9(11)5-6-16-13/h3-8,12H,1-2H3,(H,16,17)(H,18,19)/t12-/m1/s1. The van der Waals surface area contributed by atoms with E-state index < -0.39 is 12.0 Å². The van der Waals surface area contributed by atoms with Gasteiger partial charge in [-0.25, -0.2) is 14.2 Å². The minimum atomic E-state index is -0.954. The zero-order valence-electron chi connectivity index (χ0n) is 10.7. The molecule has 2 aromatic rings. The molecule has 0 aliphatic rings. The Morgan fingerprint density at radius 3 is 2.74 bits per heavy atom. The molecule has 2 rings (SSSR count). The molecule has 1 atom stereocenters. The molecule has 0 bridgehead atoms. The molecule has 2 N–H and O–H groups in total. The topological polar surface area (TPSA) is 62.2 Å². The number of aliphatic carboxylic acids is 1. The van der Waals surface area contributed by atoms with Crippen LogP contribution in [0.25, 0.3) is 10.8 Å². The number of hydrogen-bond donors (Lipinski definition) is 2. The first-order chi connectivity index (χ1) is 8.99. The Hall–Kier alpha value is -2.17. The molecule has 0 spiro atoms. The summed E-state index contributed by atoms with van der Waals surface area (Å²) in [6.45, 7) is 3.61. The fraction of sp³-hybridized carbons (Fsp3) is 0.286. The van der Waals surface area contributed by atoms with Crippen LogP contribution in [0.4, 0.5) is 10.2 Å². The number of carboxylic acid groups (broad SMARTS) is 1. The van der Waals surface area contributed by atoms with E-state index in [1.807, 2.05) is 0 Å². The number of nitrogens with zero attached hydrogens (tertiary/aromatic N) is 1. The summed E-state index contributed by atoms with van der Waals surface area (Å²) in [7, 11) is 0. The van der Waals surface area contributed by atoms with Gasteiger partial charge in [0.25, 0.3) is 0 Å². The van der Waals surface area contributed by atoms with Crippen LogP contribution in [0.15, 0.2) is 30.5 Å². The first-order valence-corrected chi connectivity index (χ1v) is 6.02. The quantitative estimate of drug-likeness (QED) is 0.889. The van der Waals surface area contributed by atoms with E-state index in [0.717, 1.165) is 5.39 Å². The Morgan fingerprint density at radius 2 is 2.11 bits per heavy atom. The molecular weight excluding hydrogens is 247 g/mol. The number of fused-ring (bicyclic) bond motifs is 1. The highest BCUT2D eigenvalue weighted by Crippen LogP contribution is 2.23. The number of anilines is 1. The number of hydrogen-bond acceptors (Lipinski definition) is 3. The van der Waals surface area contributed by atoms with Crippen LogP contribution in [-0.4, -0.2) is 22.1 Å². The average molecular weight is 262 g/mol. The molecule has 100 valence electrons. The maximum atomic E-state index is 13.3. The number of halogens is 1. The van der Waals surface area contributed by atoms with Crippen molar-refractivity contribution in [3.63, 3.8) is 0 Å². The molecule has 0 unspecified atom stereocenters. The van der Waals surface area contributed by atoms with Gasteiger partial charge in [-0.3, -0.25) is 0 Å². The second-order valence-corrected chi connectivity index (χ2v) is 4.73. The van der Waals surface area contributed by atoms with Crippen molar-refractivity contribution in [3.05, 3.63) is 36.3 Å². The van der Waals surface area contributed by atoms with Gasteiger partial charge in [-0.2, -0.15) is 0 Å². The van der Waals surface area contributed by atoms with E-state index in [-0.39, 0.29) is 11.7 Å². The number of aromatic nitrogens is 1. The van der Waals surface area contributed by atoms with Crippen LogP contribution in [-0.2, 0) is 4.79 Å². The van der Waals surface area contributed by atoms with E-state index in [2.05, 4.69) is 10.3 Å². The molecule has 1 aromatic heterocycles. The monoisotopic (exact) mass is 262 g/mol. The number of carboxylic acids is 1. The number of benzene rings is 1. The van der Waals surface area contributed by atoms with Gasteiger partial charge >= 0.3 is 5.97 Å². The molecular formula is C14H15FN2O2. The van der Waals surface area contributed by atoms with Crippen LogP contribution >= 0.6 is 0 Å². The molecule has 0 fully saturated rings. The fourth-order valence-electron chi connectivity index (χ4n) is 1.92. The Labute approximate surface area is 110 Å². The van der Waals surface area contributed by atoms with E-state index >= 15 is 0 Å². The predicted octanol–water partition coefficient (Wildman–Crippen LogP) is 2.90. The zero-order valence-corrected chi connectivity index (χ0v) is 10.7. The number of carbonyl (C=O) groups is 1. The summed E-state index contributed by atoms with van der Waals surface area (Å²) in [5.74, 6) is -1.05. The van der Waals surface area contributed by atoms with Crippen LogP contribution in [0.2, 0.25) is 0 Å². The van der Waals surface area contributed by atoms with Crippen molar-refractivity contribution in [1.82, 2.24) is 4.98 Å². The second-order valence-electron chi connectivity index (χ2n) is 4.73. The fourth-order valence-corrected chi connectivity index (χ4v) is 1.92. The lowest BCUT2D eigenvalue weighted by molar-refractivity contribution is -0.138. The molecule has 19 heavy (non-hydrogen) atoms. The van der Waals surface area contributed by atoms with E-state index in [0.29, 0.717) is 11.2 Å². The Kier molecular flexibility index (Phi) is 3.64. The third kappa shape index (κ3) is 2.81. The van der Waals surface area contributed by atoms with Crippen LogP contribution in [0.1, 0.15) is 13.8 Å². The van der Waals surface area contributed by atoms with Crippen molar-refractivity contribution < 1.29 is 14.3 Å². The van der Waals surface area contributed by atoms with Crippen LogP contribution < -0.4 is 5.32 Å².